The lowest BCUT2D eigenvalue weighted by atomic mass is 9.90. The minimum atomic E-state index is -4.17. The standard InChI is InChI=1S/C24H28FN5O2S2/c1-16-20(10-26-24(22(16)25)34(31,32)28-21-14-33-15-27-21)29(2)23-18-8-9-19(23)13-30(12-18)11-17-6-4-3-5-7-17/h3-7,10,14-15,18-19,23,28H,8-9,11-13H2,1-2H3/t18-,19+,23?. The summed E-state index contributed by atoms with van der Waals surface area (Å²) in [5, 5.41) is 0.945. The maximum absolute atomic E-state index is 15.3. The van der Waals surface area contributed by atoms with Crippen molar-refractivity contribution in [1.82, 2.24) is 14.9 Å². The molecule has 3 heterocycles. The van der Waals surface area contributed by atoms with Crippen LogP contribution in [0.5, 0.6) is 0 Å². The minimum absolute atomic E-state index is 0.156. The molecule has 5 rings (SSSR count). The molecule has 10 heteroatoms. The number of benzene rings is 1. The van der Waals surface area contributed by atoms with Crippen molar-refractivity contribution in [3.63, 3.8) is 0 Å². The van der Waals surface area contributed by atoms with E-state index in [2.05, 4.69) is 48.8 Å². The first-order valence-corrected chi connectivity index (χ1v) is 13.8. The average molecular weight is 502 g/mol. The van der Waals surface area contributed by atoms with Crippen LogP contribution in [0.2, 0.25) is 0 Å². The summed E-state index contributed by atoms with van der Waals surface area (Å²) in [5.41, 5.74) is 3.76. The second-order valence-corrected chi connectivity index (χ2v) is 11.6. The normalized spacial score (nSPS) is 22.6. The Balaban J connectivity index is 1.34. The van der Waals surface area contributed by atoms with Gasteiger partial charge >= 0.3 is 0 Å². The molecule has 1 aliphatic carbocycles. The number of fused-ring (bicyclic) bond motifs is 2. The van der Waals surface area contributed by atoms with E-state index < -0.39 is 20.9 Å². The van der Waals surface area contributed by atoms with Crippen LogP contribution in [-0.4, -0.2) is 49.5 Å². The zero-order valence-corrected chi connectivity index (χ0v) is 20.8. The van der Waals surface area contributed by atoms with Gasteiger partial charge in [-0.15, -0.1) is 11.3 Å². The fourth-order valence-corrected chi connectivity index (χ4v) is 7.22. The van der Waals surface area contributed by atoms with Gasteiger partial charge in [0.1, 0.15) is 0 Å². The number of halogens is 1. The monoisotopic (exact) mass is 501 g/mol. The molecule has 3 aromatic rings. The number of nitrogens with one attached hydrogen (secondary N) is 1. The van der Waals surface area contributed by atoms with Gasteiger partial charge in [0.15, 0.2) is 11.6 Å². The van der Waals surface area contributed by atoms with E-state index in [4.69, 9.17) is 0 Å². The van der Waals surface area contributed by atoms with Gasteiger partial charge in [-0.25, -0.2) is 14.4 Å². The molecule has 1 saturated heterocycles. The summed E-state index contributed by atoms with van der Waals surface area (Å²) < 4.78 is 43.0. The molecule has 1 aromatic carbocycles. The summed E-state index contributed by atoms with van der Waals surface area (Å²) >= 11 is 1.25. The Morgan fingerprint density at radius 3 is 2.53 bits per heavy atom. The molecule has 1 aliphatic heterocycles. The van der Waals surface area contributed by atoms with Crippen molar-refractivity contribution >= 4 is 32.9 Å². The Kier molecular flexibility index (Phi) is 6.30. The van der Waals surface area contributed by atoms with Gasteiger partial charge in [-0.1, -0.05) is 30.3 Å². The zero-order valence-electron chi connectivity index (χ0n) is 19.2. The molecule has 3 atom stereocenters. The molecular weight excluding hydrogens is 473 g/mol. The zero-order chi connectivity index (χ0) is 23.9. The van der Waals surface area contributed by atoms with Crippen LogP contribution in [0.3, 0.4) is 0 Å². The second kappa shape index (κ2) is 9.24. The quantitative estimate of drug-likeness (QED) is 0.525. The van der Waals surface area contributed by atoms with Gasteiger partial charge in [-0.05, 0) is 37.2 Å². The van der Waals surface area contributed by atoms with Crippen molar-refractivity contribution in [1.29, 1.82) is 0 Å². The maximum Gasteiger partial charge on any atom is 0.283 e. The number of pyridine rings is 1. The first-order chi connectivity index (χ1) is 16.3. The van der Waals surface area contributed by atoms with E-state index in [1.807, 2.05) is 13.1 Å². The van der Waals surface area contributed by atoms with Crippen molar-refractivity contribution in [2.24, 2.45) is 11.8 Å². The number of hydrogen-bond donors (Lipinski definition) is 1. The molecule has 7 nitrogen and oxygen atoms in total. The highest BCUT2D eigenvalue weighted by atomic mass is 32.2. The molecule has 34 heavy (non-hydrogen) atoms. The number of nitrogens with zero attached hydrogens (tertiary/aromatic N) is 4. The topological polar surface area (TPSA) is 78.4 Å². The van der Waals surface area contributed by atoms with Gasteiger partial charge in [0.25, 0.3) is 10.0 Å². The van der Waals surface area contributed by atoms with E-state index in [1.165, 1.54) is 28.6 Å². The third-order valence-electron chi connectivity index (χ3n) is 7.07. The van der Waals surface area contributed by atoms with E-state index in [1.54, 1.807) is 12.3 Å². The van der Waals surface area contributed by atoms with E-state index in [0.29, 0.717) is 23.1 Å². The van der Waals surface area contributed by atoms with E-state index >= 15 is 4.39 Å². The first kappa shape index (κ1) is 23.2. The van der Waals surface area contributed by atoms with Crippen LogP contribution in [0, 0.1) is 24.6 Å². The smallest absolute Gasteiger partial charge is 0.283 e. The Bertz CT molecular complexity index is 1240. The molecule has 2 aliphatic rings. The number of sulfonamides is 1. The van der Waals surface area contributed by atoms with Crippen molar-refractivity contribution < 1.29 is 12.8 Å². The van der Waals surface area contributed by atoms with E-state index in [9.17, 15) is 8.42 Å². The molecule has 2 bridgehead atoms. The highest BCUT2D eigenvalue weighted by molar-refractivity contribution is 7.92. The SMILES string of the molecule is Cc1c(N(C)C2[C@@H]3CC[C@H]2CN(Cc2ccccc2)C3)cnc(S(=O)(=O)Nc2cscn2)c1F. The first-order valence-electron chi connectivity index (χ1n) is 11.4. The predicted octanol–water partition coefficient (Wildman–Crippen LogP) is 4.13. The van der Waals surface area contributed by atoms with Gasteiger partial charge in [-0.2, -0.15) is 8.42 Å². The number of likely N-dealkylation sites (tertiary alicyclic amines) is 1. The van der Waals surface area contributed by atoms with Crippen LogP contribution in [0.25, 0.3) is 0 Å². The maximum atomic E-state index is 15.3. The predicted molar refractivity (Wildman–Crippen MR) is 132 cm³/mol. The molecule has 1 unspecified atom stereocenters. The van der Waals surface area contributed by atoms with E-state index in [-0.39, 0.29) is 11.9 Å². The van der Waals surface area contributed by atoms with Crippen LogP contribution < -0.4 is 9.62 Å². The Morgan fingerprint density at radius 1 is 1.18 bits per heavy atom. The lowest BCUT2D eigenvalue weighted by Crippen LogP contribution is -2.51. The summed E-state index contributed by atoms with van der Waals surface area (Å²) in [4.78, 5) is 12.6. The van der Waals surface area contributed by atoms with Gasteiger partial charge < -0.3 is 4.90 Å². The van der Waals surface area contributed by atoms with Crippen molar-refractivity contribution in [3.8, 4) is 0 Å². The largest absolute Gasteiger partial charge is 0.369 e. The second-order valence-electron chi connectivity index (χ2n) is 9.25. The molecule has 180 valence electrons. The van der Waals surface area contributed by atoms with Gasteiger partial charge in [-0.3, -0.25) is 9.62 Å². The number of piperidine rings is 1. The number of rotatable bonds is 7. The Morgan fingerprint density at radius 2 is 1.88 bits per heavy atom. The fraction of sp³-hybridized carbons (Fsp3) is 0.417. The summed E-state index contributed by atoms with van der Waals surface area (Å²) in [5.74, 6) is 0.291. The van der Waals surface area contributed by atoms with E-state index in [0.717, 1.165) is 32.5 Å². The summed E-state index contributed by atoms with van der Waals surface area (Å²) in [6.45, 7) is 4.56. The Hall–Kier alpha value is -2.56. The van der Waals surface area contributed by atoms with Crippen LogP contribution in [0.4, 0.5) is 15.9 Å². The van der Waals surface area contributed by atoms with Gasteiger partial charge in [0.05, 0.1) is 17.4 Å². The highest BCUT2D eigenvalue weighted by Crippen LogP contribution is 2.42. The third kappa shape index (κ3) is 4.42. The number of anilines is 2. The molecule has 0 amide bonds. The Labute approximate surface area is 203 Å². The van der Waals surface area contributed by atoms with Crippen molar-refractivity contribution in [2.75, 3.05) is 29.8 Å². The molecule has 0 radical (unpaired) electrons. The number of aromatic nitrogens is 2. The average Bonchev–Trinajstić information content (AvgIpc) is 3.40. The van der Waals surface area contributed by atoms with Crippen molar-refractivity contribution in [2.45, 2.75) is 37.4 Å². The molecule has 2 fully saturated rings. The molecule has 0 spiro atoms. The summed E-state index contributed by atoms with van der Waals surface area (Å²) in [6.07, 6.45) is 3.78. The summed E-state index contributed by atoms with van der Waals surface area (Å²) in [6, 6.07) is 10.8. The lowest BCUT2D eigenvalue weighted by molar-refractivity contribution is 0.138. The lowest BCUT2D eigenvalue weighted by Gasteiger charge is -2.43. The third-order valence-corrected chi connectivity index (χ3v) is 8.92. The summed E-state index contributed by atoms with van der Waals surface area (Å²) in [7, 11) is -2.19. The van der Waals surface area contributed by atoms with Crippen LogP contribution in [0.1, 0.15) is 24.0 Å². The molecule has 1 N–H and O–H groups in total. The number of thiazole rings is 1. The van der Waals surface area contributed by atoms with Gasteiger partial charge in [0.2, 0.25) is 5.03 Å². The molecular formula is C24H28FN5O2S2. The highest BCUT2D eigenvalue weighted by Gasteiger charge is 2.44. The molecule has 1 saturated carbocycles. The van der Waals surface area contributed by atoms with Crippen molar-refractivity contribution in [3.05, 3.63) is 64.4 Å². The van der Waals surface area contributed by atoms with Crippen LogP contribution in [0.15, 0.2) is 52.4 Å². The minimum Gasteiger partial charge on any atom is -0.369 e. The van der Waals surface area contributed by atoms with Gasteiger partial charge in [0, 0.05) is 43.7 Å². The number of hydrogen-bond acceptors (Lipinski definition) is 7. The van der Waals surface area contributed by atoms with Crippen LogP contribution >= 0.6 is 11.3 Å². The van der Waals surface area contributed by atoms with Crippen LogP contribution in [-0.2, 0) is 16.6 Å². The molecule has 2 aromatic heterocycles. The fourth-order valence-electron chi connectivity index (χ4n) is 5.59.